The number of rotatable bonds is 4. The van der Waals surface area contributed by atoms with Crippen molar-refractivity contribution in [2.45, 2.75) is 6.54 Å². The van der Waals surface area contributed by atoms with Crippen molar-refractivity contribution in [3.05, 3.63) is 36.2 Å². The number of carboxylic acid groups (broad SMARTS) is 1. The Morgan fingerprint density at radius 3 is 2.96 bits per heavy atom. The van der Waals surface area contributed by atoms with Crippen LogP contribution in [0.15, 0.2) is 30.6 Å². The molecule has 9 heteroatoms. The normalized spacial score (nSPS) is 11.2. The average molecular weight is 368 g/mol. The standard InChI is InChI=1S/C17H16N6O2S/c1-18-14-11-12(23(2)8-20-11)13-15(21-14)22-16(26-13)10-5-3-4-9(6-10)7-19-17(24)25/h3-6,8,19H,7H2,1-2H3,(H,18,21)(H,24,25). The molecule has 0 aliphatic carbocycles. The number of thiazole rings is 1. The average Bonchev–Trinajstić information content (AvgIpc) is 3.23. The summed E-state index contributed by atoms with van der Waals surface area (Å²) >= 11 is 1.55. The second-order valence-corrected chi connectivity index (χ2v) is 6.79. The number of hydrogen-bond donors (Lipinski definition) is 3. The summed E-state index contributed by atoms with van der Waals surface area (Å²) in [4.78, 5) is 24.4. The number of benzene rings is 1. The summed E-state index contributed by atoms with van der Waals surface area (Å²) in [5.74, 6) is 0.698. The third kappa shape index (κ3) is 2.72. The molecule has 0 unspecified atom stereocenters. The predicted octanol–water partition coefficient (Wildman–Crippen LogP) is 3.05. The van der Waals surface area contributed by atoms with Gasteiger partial charge in [0.05, 0.1) is 11.8 Å². The molecule has 4 rings (SSSR count). The van der Waals surface area contributed by atoms with Gasteiger partial charge in [-0.05, 0) is 11.6 Å². The number of nitrogens with zero attached hydrogens (tertiary/aromatic N) is 4. The Morgan fingerprint density at radius 2 is 2.19 bits per heavy atom. The SMILES string of the molecule is CNc1nc2nc(-c3cccc(CNC(=O)O)c3)sc2c2c1ncn2C. The van der Waals surface area contributed by atoms with E-state index in [9.17, 15) is 4.79 Å². The molecule has 4 aromatic rings. The van der Waals surface area contributed by atoms with Gasteiger partial charge in [0.1, 0.15) is 15.2 Å². The molecule has 132 valence electrons. The Hall–Kier alpha value is -3.20. The maximum atomic E-state index is 10.7. The quantitative estimate of drug-likeness (QED) is 0.511. The topological polar surface area (TPSA) is 105 Å². The van der Waals surface area contributed by atoms with Gasteiger partial charge in [-0.25, -0.2) is 19.7 Å². The van der Waals surface area contributed by atoms with Crippen LogP contribution >= 0.6 is 11.3 Å². The summed E-state index contributed by atoms with van der Waals surface area (Å²) < 4.78 is 2.94. The summed E-state index contributed by atoms with van der Waals surface area (Å²) in [5, 5.41) is 15.1. The molecule has 3 N–H and O–H groups in total. The molecular formula is C17H16N6O2S. The molecule has 0 atom stereocenters. The van der Waals surface area contributed by atoms with Crippen LogP contribution < -0.4 is 10.6 Å². The molecule has 8 nitrogen and oxygen atoms in total. The molecule has 26 heavy (non-hydrogen) atoms. The van der Waals surface area contributed by atoms with Gasteiger partial charge in [-0.2, -0.15) is 0 Å². The van der Waals surface area contributed by atoms with Crippen LogP contribution in [-0.4, -0.2) is 37.8 Å². The summed E-state index contributed by atoms with van der Waals surface area (Å²) in [7, 11) is 3.76. The molecule has 0 aliphatic heterocycles. The molecule has 0 spiro atoms. The lowest BCUT2D eigenvalue weighted by molar-refractivity contribution is 0.194. The third-order valence-electron chi connectivity index (χ3n) is 4.06. The number of nitrogens with one attached hydrogen (secondary N) is 2. The molecule has 1 aromatic carbocycles. The number of amides is 1. The highest BCUT2D eigenvalue weighted by atomic mass is 32.1. The van der Waals surface area contributed by atoms with Crippen molar-refractivity contribution in [1.82, 2.24) is 24.8 Å². The van der Waals surface area contributed by atoms with Gasteiger partial charge in [0, 0.05) is 26.2 Å². The first kappa shape index (κ1) is 16.3. The lowest BCUT2D eigenvalue weighted by Gasteiger charge is -2.03. The van der Waals surface area contributed by atoms with Crippen LogP contribution in [0.3, 0.4) is 0 Å². The Labute approximate surface area is 152 Å². The Morgan fingerprint density at radius 1 is 1.35 bits per heavy atom. The highest BCUT2D eigenvalue weighted by Gasteiger charge is 2.17. The largest absolute Gasteiger partial charge is 0.465 e. The zero-order chi connectivity index (χ0) is 18.3. The molecule has 0 saturated carbocycles. The predicted molar refractivity (Wildman–Crippen MR) is 102 cm³/mol. The molecule has 0 aliphatic rings. The fourth-order valence-corrected chi connectivity index (χ4v) is 3.95. The van der Waals surface area contributed by atoms with Crippen molar-refractivity contribution in [2.75, 3.05) is 12.4 Å². The van der Waals surface area contributed by atoms with Crippen LogP contribution in [0.25, 0.3) is 32.0 Å². The van der Waals surface area contributed by atoms with Gasteiger partial charge < -0.3 is 20.3 Å². The molecule has 0 radical (unpaired) electrons. The minimum Gasteiger partial charge on any atom is -0.465 e. The smallest absolute Gasteiger partial charge is 0.404 e. The van der Waals surface area contributed by atoms with E-state index in [0.717, 1.165) is 31.9 Å². The molecular weight excluding hydrogens is 352 g/mol. The number of imidazole rings is 1. The number of anilines is 1. The van der Waals surface area contributed by atoms with E-state index in [0.29, 0.717) is 11.5 Å². The van der Waals surface area contributed by atoms with E-state index in [1.165, 1.54) is 0 Å². The minimum absolute atomic E-state index is 0.252. The van der Waals surface area contributed by atoms with Gasteiger partial charge in [0.25, 0.3) is 0 Å². The molecule has 3 aromatic heterocycles. The van der Waals surface area contributed by atoms with Gasteiger partial charge in [-0.1, -0.05) is 18.2 Å². The van der Waals surface area contributed by atoms with Crippen LogP contribution in [0.1, 0.15) is 5.56 Å². The van der Waals surface area contributed by atoms with Gasteiger partial charge in [-0.3, -0.25) is 0 Å². The summed E-state index contributed by atoms with van der Waals surface area (Å²) in [6.07, 6.45) is 0.724. The van der Waals surface area contributed by atoms with E-state index in [2.05, 4.69) is 25.6 Å². The fraction of sp³-hybridized carbons (Fsp3) is 0.176. The van der Waals surface area contributed by atoms with E-state index in [-0.39, 0.29) is 6.54 Å². The van der Waals surface area contributed by atoms with E-state index in [1.54, 1.807) is 17.7 Å². The van der Waals surface area contributed by atoms with Crippen molar-refractivity contribution in [1.29, 1.82) is 0 Å². The zero-order valence-corrected chi connectivity index (χ0v) is 15.0. The van der Waals surface area contributed by atoms with Gasteiger partial charge in [-0.15, -0.1) is 11.3 Å². The van der Waals surface area contributed by atoms with Crippen molar-refractivity contribution >= 4 is 44.6 Å². The minimum atomic E-state index is -1.04. The third-order valence-corrected chi connectivity index (χ3v) is 5.16. The molecule has 0 fully saturated rings. The number of hydrogen-bond acceptors (Lipinski definition) is 6. The lowest BCUT2D eigenvalue weighted by Crippen LogP contribution is -2.19. The highest BCUT2D eigenvalue weighted by molar-refractivity contribution is 7.22. The Bertz CT molecular complexity index is 1130. The van der Waals surface area contributed by atoms with E-state index in [4.69, 9.17) is 5.11 Å². The second kappa shape index (κ2) is 6.26. The summed E-state index contributed by atoms with van der Waals surface area (Å²) in [6, 6.07) is 7.67. The van der Waals surface area contributed by atoms with E-state index in [1.807, 2.05) is 42.9 Å². The number of pyridine rings is 1. The van der Waals surface area contributed by atoms with Crippen LogP contribution in [0.5, 0.6) is 0 Å². The van der Waals surface area contributed by atoms with Crippen molar-refractivity contribution in [3.8, 4) is 10.6 Å². The van der Waals surface area contributed by atoms with Crippen molar-refractivity contribution < 1.29 is 9.90 Å². The fourth-order valence-electron chi connectivity index (χ4n) is 2.86. The monoisotopic (exact) mass is 368 g/mol. The number of aryl methyl sites for hydroxylation is 1. The Kier molecular flexibility index (Phi) is 3.92. The summed E-state index contributed by atoms with van der Waals surface area (Å²) in [6.45, 7) is 0.252. The number of carbonyl (C=O) groups is 1. The summed E-state index contributed by atoms with van der Waals surface area (Å²) in [5.41, 5.74) is 4.28. The molecule has 3 heterocycles. The first-order valence-electron chi connectivity index (χ1n) is 7.92. The van der Waals surface area contributed by atoms with Gasteiger partial charge in [0.2, 0.25) is 0 Å². The second-order valence-electron chi connectivity index (χ2n) is 5.79. The van der Waals surface area contributed by atoms with Crippen molar-refractivity contribution in [2.24, 2.45) is 7.05 Å². The molecule has 0 saturated heterocycles. The Balaban J connectivity index is 1.83. The van der Waals surface area contributed by atoms with Crippen LogP contribution in [0.2, 0.25) is 0 Å². The molecule has 0 bridgehead atoms. The highest BCUT2D eigenvalue weighted by Crippen LogP contribution is 2.36. The lowest BCUT2D eigenvalue weighted by atomic mass is 10.1. The maximum Gasteiger partial charge on any atom is 0.404 e. The van der Waals surface area contributed by atoms with Crippen LogP contribution in [0, 0.1) is 0 Å². The maximum absolute atomic E-state index is 10.7. The van der Waals surface area contributed by atoms with E-state index < -0.39 is 6.09 Å². The molecule has 1 amide bonds. The van der Waals surface area contributed by atoms with Crippen LogP contribution in [0.4, 0.5) is 10.6 Å². The van der Waals surface area contributed by atoms with Crippen LogP contribution in [-0.2, 0) is 13.6 Å². The van der Waals surface area contributed by atoms with Gasteiger partial charge >= 0.3 is 6.09 Å². The zero-order valence-electron chi connectivity index (χ0n) is 14.1. The van der Waals surface area contributed by atoms with E-state index >= 15 is 0 Å². The first-order chi connectivity index (χ1) is 12.6. The first-order valence-corrected chi connectivity index (χ1v) is 8.74. The van der Waals surface area contributed by atoms with Crippen molar-refractivity contribution in [3.63, 3.8) is 0 Å². The number of aromatic nitrogens is 4. The number of fused-ring (bicyclic) bond motifs is 3. The van der Waals surface area contributed by atoms with Gasteiger partial charge in [0.15, 0.2) is 11.5 Å².